The van der Waals surface area contributed by atoms with Crippen molar-refractivity contribution >= 4 is 23.2 Å². The number of benzene rings is 1. The Balaban J connectivity index is 2.07. The molecule has 0 saturated heterocycles. The summed E-state index contributed by atoms with van der Waals surface area (Å²) in [5.41, 5.74) is 7.23. The molecule has 6 heteroatoms. The molecule has 0 saturated carbocycles. The normalized spacial score (nSPS) is 13.2. The summed E-state index contributed by atoms with van der Waals surface area (Å²) in [6.45, 7) is 5.55. The molecule has 1 unspecified atom stereocenters. The number of carbonyl (C=O) groups excluding carboxylic acids is 2. The molecule has 128 valence electrons. The van der Waals surface area contributed by atoms with Gasteiger partial charge in [-0.15, -0.1) is 0 Å². The number of nitrogens with two attached hydrogens (primary N) is 1. The molecule has 2 rings (SSSR count). The van der Waals surface area contributed by atoms with Crippen molar-refractivity contribution in [1.29, 1.82) is 0 Å². The van der Waals surface area contributed by atoms with Crippen molar-refractivity contribution in [3.63, 3.8) is 0 Å². The molecule has 1 atom stereocenters. The fourth-order valence-electron chi connectivity index (χ4n) is 2.38. The molecule has 2 amide bonds. The maximum atomic E-state index is 12.2. The maximum absolute atomic E-state index is 12.2. The van der Waals surface area contributed by atoms with E-state index < -0.39 is 5.54 Å². The minimum atomic E-state index is -0.908. The zero-order valence-electron chi connectivity index (χ0n) is 14.2. The van der Waals surface area contributed by atoms with Crippen LogP contribution in [0.5, 0.6) is 0 Å². The van der Waals surface area contributed by atoms with Gasteiger partial charge >= 0.3 is 0 Å². The monoisotopic (exact) mass is 329 g/mol. The lowest BCUT2D eigenvalue weighted by Gasteiger charge is -2.23. The van der Waals surface area contributed by atoms with Crippen LogP contribution in [0.3, 0.4) is 0 Å². The van der Waals surface area contributed by atoms with E-state index in [1.165, 1.54) is 6.26 Å². The molecule has 1 aromatic carbocycles. The van der Waals surface area contributed by atoms with E-state index in [0.717, 1.165) is 12.0 Å². The Morgan fingerprint density at radius 2 is 2.00 bits per heavy atom. The molecule has 0 radical (unpaired) electrons. The second-order valence-electron chi connectivity index (χ2n) is 6.08. The summed E-state index contributed by atoms with van der Waals surface area (Å²) < 4.78 is 5.06. The molecule has 2 aromatic rings. The van der Waals surface area contributed by atoms with Crippen LogP contribution < -0.4 is 16.4 Å². The van der Waals surface area contributed by atoms with Gasteiger partial charge in [0.25, 0.3) is 5.91 Å². The molecular formula is C18H23N3O3. The van der Waals surface area contributed by atoms with E-state index in [2.05, 4.69) is 10.6 Å². The van der Waals surface area contributed by atoms with Crippen LogP contribution in [0.15, 0.2) is 41.0 Å². The van der Waals surface area contributed by atoms with Gasteiger partial charge in [-0.3, -0.25) is 9.59 Å². The predicted molar refractivity (Wildman–Crippen MR) is 94.0 cm³/mol. The van der Waals surface area contributed by atoms with Gasteiger partial charge < -0.3 is 20.8 Å². The van der Waals surface area contributed by atoms with Gasteiger partial charge in [0.15, 0.2) is 5.76 Å². The number of hydrogen-bond donors (Lipinski definition) is 3. The summed E-state index contributed by atoms with van der Waals surface area (Å²) in [5.74, 6) is -0.307. The van der Waals surface area contributed by atoms with Crippen molar-refractivity contribution in [3.8, 4) is 0 Å². The van der Waals surface area contributed by atoms with Crippen molar-refractivity contribution in [2.75, 3.05) is 10.6 Å². The smallest absolute Gasteiger partial charge is 0.291 e. The fraction of sp³-hybridized carbons (Fsp3) is 0.333. The molecule has 0 bridgehead atoms. The molecule has 0 aliphatic rings. The molecular weight excluding hydrogens is 306 g/mol. The van der Waals surface area contributed by atoms with Gasteiger partial charge in [0.2, 0.25) is 5.91 Å². The third-order valence-corrected chi connectivity index (χ3v) is 3.77. The average molecular weight is 329 g/mol. The number of nitrogens with one attached hydrogen (secondary N) is 2. The Morgan fingerprint density at radius 1 is 1.25 bits per heavy atom. The number of furan rings is 1. The second kappa shape index (κ2) is 7.31. The van der Waals surface area contributed by atoms with Crippen LogP contribution >= 0.6 is 0 Å². The first kappa shape index (κ1) is 17.7. The highest BCUT2D eigenvalue weighted by molar-refractivity contribution is 6.03. The number of anilines is 2. The van der Waals surface area contributed by atoms with E-state index in [1.54, 1.807) is 37.3 Å². The lowest BCUT2D eigenvalue weighted by atomic mass is 9.96. The molecule has 0 spiro atoms. The lowest BCUT2D eigenvalue weighted by Crippen LogP contribution is -2.48. The van der Waals surface area contributed by atoms with E-state index in [4.69, 9.17) is 10.2 Å². The molecule has 6 nitrogen and oxygen atoms in total. The molecule has 0 aliphatic heterocycles. The highest BCUT2D eigenvalue weighted by Crippen LogP contribution is 2.22. The first-order chi connectivity index (χ1) is 11.3. The topological polar surface area (TPSA) is 97.4 Å². The minimum absolute atomic E-state index is 0.226. The SMILES string of the molecule is CCCC(C)(N)C(=O)Nc1ccc(NC(=O)c2ccco2)c(C)c1. The highest BCUT2D eigenvalue weighted by atomic mass is 16.3. The quantitative estimate of drug-likeness (QED) is 0.757. The summed E-state index contributed by atoms with van der Waals surface area (Å²) in [6, 6.07) is 8.50. The van der Waals surface area contributed by atoms with Crippen molar-refractivity contribution < 1.29 is 14.0 Å². The number of aryl methyl sites for hydroxylation is 1. The van der Waals surface area contributed by atoms with Crippen LogP contribution in [0, 0.1) is 6.92 Å². The Kier molecular flexibility index (Phi) is 5.41. The highest BCUT2D eigenvalue weighted by Gasteiger charge is 2.27. The van der Waals surface area contributed by atoms with E-state index in [0.29, 0.717) is 17.8 Å². The summed E-state index contributed by atoms with van der Waals surface area (Å²) in [5, 5.41) is 5.59. The number of rotatable bonds is 6. The van der Waals surface area contributed by atoms with Crippen molar-refractivity contribution in [2.45, 2.75) is 39.2 Å². The molecule has 4 N–H and O–H groups in total. The van der Waals surface area contributed by atoms with Crippen LogP contribution in [0.1, 0.15) is 42.8 Å². The summed E-state index contributed by atoms with van der Waals surface area (Å²) in [6.07, 6.45) is 2.88. The molecule has 24 heavy (non-hydrogen) atoms. The van der Waals surface area contributed by atoms with E-state index in [1.807, 2.05) is 13.8 Å². The first-order valence-electron chi connectivity index (χ1n) is 7.89. The molecule has 1 aromatic heterocycles. The third-order valence-electron chi connectivity index (χ3n) is 3.77. The Bertz CT molecular complexity index is 721. The molecule has 0 aliphatic carbocycles. The number of hydrogen-bond acceptors (Lipinski definition) is 4. The largest absolute Gasteiger partial charge is 0.459 e. The van der Waals surface area contributed by atoms with Crippen molar-refractivity contribution in [3.05, 3.63) is 47.9 Å². The average Bonchev–Trinajstić information content (AvgIpc) is 3.04. The van der Waals surface area contributed by atoms with Gasteiger partial charge in [-0.05, 0) is 56.2 Å². The summed E-state index contributed by atoms with van der Waals surface area (Å²) >= 11 is 0. The van der Waals surface area contributed by atoms with E-state index >= 15 is 0 Å². The number of amides is 2. The summed E-state index contributed by atoms with van der Waals surface area (Å²) in [4.78, 5) is 24.2. The number of carbonyl (C=O) groups is 2. The fourth-order valence-corrected chi connectivity index (χ4v) is 2.38. The first-order valence-corrected chi connectivity index (χ1v) is 7.89. The van der Waals surface area contributed by atoms with Gasteiger partial charge in [-0.25, -0.2) is 0 Å². The summed E-state index contributed by atoms with van der Waals surface area (Å²) in [7, 11) is 0. The molecule has 0 fully saturated rings. The Morgan fingerprint density at radius 3 is 2.58 bits per heavy atom. The standard InChI is InChI=1S/C18H23N3O3/c1-4-9-18(3,19)17(23)20-13-7-8-14(12(2)11-13)21-16(22)15-6-5-10-24-15/h5-8,10-11H,4,9,19H2,1-3H3,(H,20,23)(H,21,22). The van der Waals surface area contributed by atoms with Crippen LogP contribution in [-0.4, -0.2) is 17.4 Å². The van der Waals surface area contributed by atoms with Crippen LogP contribution in [-0.2, 0) is 4.79 Å². The predicted octanol–water partition coefficient (Wildman–Crippen LogP) is 3.30. The lowest BCUT2D eigenvalue weighted by molar-refractivity contribution is -0.120. The third kappa shape index (κ3) is 4.23. The van der Waals surface area contributed by atoms with Crippen LogP contribution in [0.4, 0.5) is 11.4 Å². The molecule has 1 heterocycles. The van der Waals surface area contributed by atoms with Crippen molar-refractivity contribution in [2.24, 2.45) is 5.73 Å². The van der Waals surface area contributed by atoms with Gasteiger partial charge in [0, 0.05) is 11.4 Å². The second-order valence-corrected chi connectivity index (χ2v) is 6.08. The van der Waals surface area contributed by atoms with Crippen LogP contribution in [0.25, 0.3) is 0 Å². The van der Waals surface area contributed by atoms with Crippen molar-refractivity contribution in [1.82, 2.24) is 0 Å². The van der Waals surface area contributed by atoms with Gasteiger partial charge in [0.05, 0.1) is 11.8 Å². The van der Waals surface area contributed by atoms with E-state index in [-0.39, 0.29) is 17.6 Å². The minimum Gasteiger partial charge on any atom is -0.459 e. The Hall–Kier alpha value is -2.60. The van der Waals surface area contributed by atoms with Gasteiger partial charge in [-0.1, -0.05) is 13.3 Å². The van der Waals surface area contributed by atoms with E-state index in [9.17, 15) is 9.59 Å². The zero-order valence-corrected chi connectivity index (χ0v) is 14.2. The van der Waals surface area contributed by atoms with Crippen LogP contribution in [0.2, 0.25) is 0 Å². The Labute approximate surface area is 141 Å². The zero-order chi connectivity index (χ0) is 17.7. The van der Waals surface area contributed by atoms with Gasteiger partial charge in [0.1, 0.15) is 0 Å². The maximum Gasteiger partial charge on any atom is 0.291 e. The van der Waals surface area contributed by atoms with Gasteiger partial charge in [-0.2, -0.15) is 0 Å².